The maximum Gasteiger partial charge on any atom is 0.300 e. The molecule has 0 saturated carbocycles. The maximum atomic E-state index is 13.1. The molecule has 2 heterocycles. The minimum atomic E-state index is -3.95. The number of methoxy groups -OCH3 is 1. The Hall–Kier alpha value is -3.73. The minimum Gasteiger partial charge on any atom is -0.507 e. The number of sulfonamides is 1. The third-order valence-electron chi connectivity index (χ3n) is 5.33. The summed E-state index contributed by atoms with van der Waals surface area (Å²) in [5, 5.41) is 16.5. The molecule has 1 aromatic heterocycles. The van der Waals surface area contributed by atoms with Gasteiger partial charge in [-0.3, -0.25) is 19.5 Å². The molecule has 1 amide bonds. The number of aromatic nitrogens is 1. The molecular weight excluding hydrogens is 482 g/mol. The van der Waals surface area contributed by atoms with E-state index in [1.165, 1.54) is 66.9 Å². The Morgan fingerprint density at radius 3 is 2.29 bits per heavy atom. The van der Waals surface area contributed by atoms with Crippen molar-refractivity contribution in [1.82, 2.24) is 4.98 Å². The number of anilines is 1. The molecule has 0 radical (unpaired) electrons. The van der Waals surface area contributed by atoms with E-state index in [0.717, 1.165) is 0 Å². The Kier molecular flexibility index (Phi) is 6.13. The second kappa shape index (κ2) is 8.90. The summed E-state index contributed by atoms with van der Waals surface area (Å²) in [7, 11) is -2.51. The Balaban J connectivity index is 1.90. The quantitative estimate of drug-likeness (QED) is 0.312. The number of carbonyl (C=O) groups is 2. The van der Waals surface area contributed by atoms with Crippen molar-refractivity contribution in [3.63, 3.8) is 0 Å². The third-order valence-corrected chi connectivity index (χ3v) is 6.56. The van der Waals surface area contributed by atoms with Gasteiger partial charge in [0.05, 0.1) is 28.6 Å². The van der Waals surface area contributed by atoms with Crippen LogP contribution < -0.4 is 14.8 Å². The van der Waals surface area contributed by atoms with Crippen LogP contribution in [0.2, 0.25) is 5.02 Å². The number of primary sulfonamides is 1. The van der Waals surface area contributed by atoms with Gasteiger partial charge in [0, 0.05) is 23.6 Å². The van der Waals surface area contributed by atoms with Gasteiger partial charge in [-0.15, -0.1) is 0 Å². The number of hydrogen-bond acceptors (Lipinski definition) is 7. The van der Waals surface area contributed by atoms with Gasteiger partial charge in [0.25, 0.3) is 11.7 Å². The normalized spacial score (nSPS) is 17.7. The van der Waals surface area contributed by atoms with E-state index < -0.39 is 33.5 Å². The zero-order chi connectivity index (χ0) is 24.6. The summed E-state index contributed by atoms with van der Waals surface area (Å²) in [6, 6.07) is 11.9. The number of ether oxygens (including phenoxy) is 1. The molecule has 2 aromatic carbocycles. The molecule has 9 nitrogen and oxygen atoms in total. The number of nitrogens with two attached hydrogens (primary N) is 1. The molecule has 0 bridgehead atoms. The number of hydrogen-bond donors (Lipinski definition) is 2. The average Bonchev–Trinajstić information content (AvgIpc) is 3.09. The lowest BCUT2D eigenvalue weighted by Gasteiger charge is -2.25. The number of rotatable bonds is 5. The lowest BCUT2D eigenvalue weighted by molar-refractivity contribution is -0.132. The zero-order valence-electron chi connectivity index (χ0n) is 17.7. The first-order valence-electron chi connectivity index (χ1n) is 9.81. The van der Waals surface area contributed by atoms with Crippen molar-refractivity contribution >= 4 is 44.8 Å². The second-order valence-electron chi connectivity index (χ2n) is 7.34. The van der Waals surface area contributed by atoms with Gasteiger partial charge in [-0.05, 0) is 60.2 Å². The standard InChI is InChI=1S/C23H18ClN3O6S/c1-33-18-7-2-14(12-17(18)24)21(28)19-20(13-8-10-26-11-9-13)27(23(30)22(19)29)15-3-5-16(6-4-15)34(25,31)32/h2-12,20,28H,1H3,(H2,25,31,32)/b21-19+. The summed E-state index contributed by atoms with van der Waals surface area (Å²) in [6.07, 6.45) is 2.98. The lowest BCUT2D eigenvalue weighted by atomic mass is 9.95. The number of aliphatic hydroxyl groups is 1. The molecule has 0 aliphatic carbocycles. The van der Waals surface area contributed by atoms with E-state index in [1.54, 1.807) is 12.1 Å². The molecule has 11 heteroatoms. The summed E-state index contributed by atoms with van der Waals surface area (Å²) < 4.78 is 28.4. The van der Waals surface area contributed by atoms with Gasteiger partial charge >= 0.3 is 0 Å². The number of nitrogens with zero attached hydrogens (tertiary/aromatic N) is 2. The van der Waals surface area contributed by atoms with Crippen LogP contribution in [0.25, 0.3) is 5.76 Å². The van der Waals surface area contributed by atoms with Crippen LogP contribution in [0.3, 0.4) is 0 Å². The summed E-state index contributed by atoms with van der Waals surface area (Å²) >= 11 is 6.19. The highest BCUT2D eigenvalue weighted by Gasteiger charge is 2.47. The summed E-state index contributed by atoms with van der Waals surface area (Å²) in [5.41, 5.74) is 0.800. The van der Waals surface area contributed by atoms with Gasteiger partial charge in [0.1, 0.15) is 11.5 Å². The molecule has 4 rings (SSSR count). The molecule has 34 heavy (non-hydrogen) atoms. The Morgan fingerprint density at radius 1 is 1.09 bits per heavy atom. The monoisotopic (exact) mass is 499 g/mol. The molecule has 1 atom stereocenters. The van der Waals surface area contributed by atoms with Gasteiger partial charge in [0.2, 0.25) is 10.0 Å². The molecule has 1 unspecified atom stereocenters. The molecular formula is C23H18ClN3O6S. The van der Waals surface area contributed by atoms with Crippen molar-refractivity contribution in [3.8, 4) is 5.75 Å². The highest BCUT2D eigenvalue weighted by atomic mass is 35.5. The first-order chi connectivity index (χ1) is 16.1. The van der Waals surface area contributed by atoms with Gasteiger partial charge in [-0.1, -0.05) is 11.6 Å². The van der Waals surface area contributed by atoms with Crippen LogP contribution in [-0.2, 0) is 19.6 Å². The van der Waals surface area contributed by atoms with E-state index in [9.17, 15) is 23.1 Å². The van der Waals surface area contributed by atoms with Gasteiger partial charge in [0.15, 0.2) is 0 Å². The fourth-order valence-corrected chi connectivity index (χ4v) is 4.50. The number of ketones is 1. The topological polar surface area (TPSA) is 140 Å². The van der Waals surface area contributed by atoms with Crippen LogP contribution >= 0.6 is 11.6 Å². The summed E-state index contributed by atoms with van der Waals surface area (Å²) in [4.78, 5) is 31.2. The van der Waals surface area contributed by atoms with Crippen molar-refractivity contribution in [3.05, 3.63) is 88.7 Å². The SMILES string of the molecule is COc1ccc(/C(O)=C2\C(=O)C(=O)N(c3ccc(S(N)(=O)=O)cc3)C2c2ccncc2)cc1Cl. The minimum absolute atomic E-state index is 0.152. The van der Waals surface area contributed by atoms with Crippen molar-refractivity contribution in [2.45, 2.75) is 10.9 Å². The van der Waals surface area contributed by atoms with E-state index >= 15 is 0 Å². The van der Waals surface area contributed by atoms with Crippen LogP contribution in [-0.4, -0.2) is 37.3 Å². The summed E-state index contributed by atoms with van der Waals surface area (Å²) in [5.74, 6) is -1.86. The number of amides is 1. The van der Waals surface area contributed by atoms with Crippen LogP contribution in [0.4, 0.5) is 5.69 Å². The van der Waals surface area contributed by atoms with Crippen LogP contribution in [0.15, 0.2) is 77.5 Å². The Labute approximate surface area is 200 Å². The molecule has 174 valence electrons. The van der Waals surface area contributed by atoms with Crippen LogP contribution in [0, 0.1) is 0 Å². The predicted molar refractivity (Wildman–Crippen MR) is 125 cm³/mol. The lowest BCUT2D eigenvalue weighted by Crippen LogP contribution is -2.29. The van der Waals surface area contributed by atoms with Crippen LogP contribution in [0.5, 0.6) is 5.75 Å². The molecule has 1 aliphatic rings. The third kappa shape index (κ3) is 4.14. The number of benzene rings is 2. The first-order valence-corrected chi connectivity index (χ1v) is 11.7. The summed E-state index contributed by atoms with van der Waals surface area (Å²) in [6.45, 7) is 0. The number of pyridine rings is 1. The Bertz CT molecular complexity index is 1420. The Morgan fingerprint density at radius 2 is 1.74 bits per heavy atom. The molecule has 3 aromatic rings. The van der Waals surface area contributed by atoms with E-state index in [4.69, 9.17) is 21.5 Å². The van der Waals surface area contributed by atoms with E-state index in [2.05, 4.69) is 4.98 Å². The zero-order valence-corrected chi connectivity index (χ0v) is 19.2. The number of aliphatic hydroxyl groups excluding tert-OH is 1. The molecule has 1 fully saturated rings. The second-order valence-corrected chi connectivity index (χ2v) is 9.31. The molecule has 1 aliphatic heterocycles. The highest BCUT2D eigenvalue weighted by Crippen LogP contribution is 2.42. The molecule has 1 saturated heterocycles. The van der Waals surface area contributed by atoms with Crippen molar-refractivity contribution in [1.29, 1.82) is 0 Å². The maximum absolute atomic E-state index is 13.1. The fourth-order valence-electron chi connectivity index (χ4n) is 3.73. The van der Waals surface area contributed by atoms with Crippen molar-refractivity contribution < 1.29 is 27.9 Å². The van der Waals surface area contributed by atoms with E-state index in [0.29, 0.717) is 11.3 Å². The number of carbonyl (C=O) groups excluding carboxylic acids is 2. The van der Waals surface area contributed by atoms with Crippen molar-refractivity contribution in [2.24, 2.45) is 5.14 Å². The number of Topliss-reactive ketones (excluding diaryl/α,β-unsaturated/α-hetero) is 1. The van der Waals surface area contributed by atoms with E-state index in [1.807, 2.05) is 0 Å². The molecule has 3 N–H and O–H groups in total. The number of halogens is 1. The van der Waals surface area contributed by atoms with Crippen molar-refractivity contribution in [2.75, 3.05) is 12.0 Å². The first kappa shape index (κ1) is 23.4. The highest BCUT2D eigenvalue weighted by molar-refractivity contribution is 7.89. The van der Waals surface area contributed by atoms with Crippen LogP contribution in [0.1, 0.15) is 17.2 Å². The van der Waals surface area contributed by atoms with Gasteiger partial charge in [-0.2, -0.15) is 0 Å². The smallest absolute Gasteiger partial charge is 0.300 e. The predicted octanol–water partition coefficient (Wildman–Crippen LogP) is 3.02. The van der Waals surface area contributed by atoms with Gasteiger partial charge in [-0.25, -0.2) is 13.6 Å². The largest absolute Gasteiger partial charge is 0.507 e. The van der Waals surface area contributed by atoms with Gasteiger partial charge < -0.3 is 9.84 Å². The molecule has 0 spiro atoms. The van der Waals surface area contributed by atoms with E-state index in [-0.39, 0.29) is 26.7 Å². The average molecular weight is 500 g/mol. The fraction of sp³-hybridized carbons (Fsp3) is 0.0870.